The topological polar surface area (TPSA) is 75.2 Å². The Morgan fingerprint density at radius 1 is 1.19 bits per heavy atom. The van der Waals surface area contributed by atoms with Gasteiger partial charge in [0.05, 0.1) is 16.6 Å². The molecule has 2 aromatic heterocycles. The predicted molar refractivity (Wildman–Crippen MR) is 122 cm³/mol. The molecule has 1 unspecified atom stereocenters. The first-order chi connectivity index (χ1) is 15.4. The standard InChI is InChI=1S/C24H25FN4O2S/c1-15-5-10-20(26-13-15)28-23(30)18-4-3-11-29(14-18)24(31)22-16(2)27-21(32-22)12-17-6-8-19(25)9-7-17/h5-10,13,18H,3-4,11-12,14H2,1-2H3,(H,26,28,30). The Labute approximate surface area is 190 Å². The highest BCUT2D eigenvalue weighted by Crippen LogP contribution is 2.26. The third-order valence-corrected chi connectivity index (χ3v) is 6.69. The lowest BCUT2D eigenvalue weighted by Crippen LogP contribution is -2.43. The number of halogens is 1. The molecule has 166 valence electrons. The Morgan fingerprint density at radius 3 is 2.69 bits per heavy atom. The zero-order valence-corrected chi connectivity index (χ0v) is 18.9. The van der Waals surface area contributed by atoms with Gasteiger partial charge in [0.2, 0.25) is 5.91 Å². The van der Waals surface area contributed by atoms with Gasteiger partial charge in [-0.2, -0.15) is 0 Å². The third kappa shape index (κ3) is 5.19. The molecule has 0 bridgehead atoms. The van der Waals surface area contributed by atoms with Crippen molar-refractivity contribution in [3.63, 3.8) is 0 Å². The van der Waals surface area contributed by atoms with Gasteiger partial charge >= 0.3 is 0 Å². The minimum Gasteiger partial charge on any atom is -0.337 e. The van der Waals surface area contributed by atoms with Crippen molar-refractivity contribution in [1.82, 2.24) is 14.9 Å². The van der Waals surface area contributed by atoms with E-state index in [0.29, 0.717) is 35.9 Å². The lowest BCUT2D eigenvalue weighted by Gasteiger charge is -2.31. The van der Waals surface area contributed by atoms with E-state index in [-0.39, 0.29) is 23.5 Å². The average Bonchev–Trinajstić information content (AvgIpc) is 3.16. The number of hydrogen-bond donors (Lipinski definition) is 1. The van der Waals surface area contributed by atoms with Gasteiger partial charge in [0, 0.05) is 25.7 Å². The van der Waals surface area contributed by atoms with Crippen molar-refractivity contribution in [3.05, 3.63) is 75.1 Å². The number of pyridine rings is 1. The Morgan fingerprint density at radius 2 is 1.97 bits per heavy atom. The number of nitrogens with one attached hydrogen (secondary N) is 1. The number of piperidine rings is 1. The van der Waals surface area contributed by atoms with E-state index in [1.807, 2.05) is 19.9 Å². The third-order valence-electron chi connectivity index (χ3n) is 5.55. The summed E-state index contributed by atoms with van der Waals surface area (Å²) in [5.41, 5.74) is 2.65. The zero-order chi connectivity index (χ0) is 22.7. The molecule has 3 aromatic rings. The van der Waals surface area contributed by atoms with Crippen molar-refractivity contribution in [2.75, 3.05) is 18.4 Å². The van der Waals surface area contributed by atoms with Gasteiger partial charge in [-0.15, -0.1) is 11.3 Å². The fourth-order valence-electron chi connectivity index (χ4n) is 3.79. The smallest absolute Gasteiger partial charge is 0.265 e. The van der Waals surface area contributed by atoms with Crippen LogP contribution in [0.3, 0.4) is 0 Å². The van der Waals surface area contributed by atoms with Crippen LogP contribution in [0, 0.1) is 25.6 Å². The molecule has 8 heteroatoms. The molecule has 2 amide bonds. The minimum absolute atomic E-state index is 0.0867. The molecule has 1 atom stereocenters. The highest BCUT2D eigenvalue weighted by Gasteiger charge is 2.30. The molecule has 4 rings (SSSR count). The molecule has 3 heterocycles. The van der Waals surface area contributed by atoms with Gasteiger partial charge in [-0.25, -0.2) is 14.4 Å². The second kappa shape index (κ2) is 9.56. The summed E-state index contributed by atoms with van der Waals surface area (Å²) in [6.07, 6.45) is 3.76. The van der Waals surface area contributed by atoms with E-state index < -0.39 is 0 Å². The van der Waals surface area contributed by atoms with Crippen LogP contribution < -0.4 is 5.32 Å². The predicted octanol–water partition coefficient (Wildman–Crippen LogP) is 4.38. The Kier molecular flexibility index (Phi) is 6.60. The largest absolute Gasteiger partial charge is 0.337 e. The highest BCUT2D eigenvalue weighted by molar-refractivity contribution is 7.13. The van der Waals surface area contributed by atoms with Gasteiger partial charge in [0.1, 0.15) is 16.5 Å². The molecule has 0 saturated carbocycles. The molecule has 0 aliphatic carbocycles. The summed E-state index contributed by atoms with van der Waals surface area (Å²) >= 11 is 1.37. The molecule has 1 fully saturated rings. The number of rotatable bonds is 5. The molecule has 1 aliphatic rings. The average molecular weight is 453 g/mol. The SMILES string of the molecule is Cc1ccc(NC(=O)C2CCCN(C(=O)c3sc(Cc4ccc(F)cc4)nc3C)C2)nc1. The number of anilines is 1. The van der Waals surface area contributed by atoms with Crippen LogP contribution in [0.2, 0.25) is 0 Å². The number of carbonyl (C=O) groups excluding carboxylic acids is 2. The summed E-state index contributed by atoms with van der Waals surface area (Å²) in [7, 11) is 0. The number of thiazole rings is 1. The van der Waals surface area contributed by atoms with E-state index >= 15 is 0 Å². The number of benzene rings is 1. The summed E-state index contributed by atoms with van der Waals surface area (Å²) in [6, 6.07) is 9.98. The van der Waals surface area contributed by atoms with E-state index in [1.54, 1.807) is 29.3 Å². The molecule has 32 heavy (non-hydrogen) atoms. The number of amides is 2. The van der Waals surface area contributed by atoms with Crippen LogP contribution in [0.5, 0.6) is 0 Å². The summed E-state index contributed by atoms with van der Waals surface area (Å²) in [5.74, 6) is -0.231. The first-order valence-corrected chi connectivity index (χ1v) is 11.4. The lowest BCUT2D eigenvalue weighted by molar-refractivity contribution is -0.121. The van der Waals surface area contributed by atoms with Crippen LogP contribution >= 0.6 is 11.3 Å². The fourth-order valence-corrected chi connectivity index (χ4v) is 4.86. The van der Waals surface area contributed by atoms with Crippen molar-refractivity contribution in [2.45, 2.75) is 33.1 Å². The number of hydrogen-bond acceptors (Lipinski definition) is 5. The van der Waals surface area contributed by atoms with Gasteiger partial charge in [0.25, 0.3) is 5.91 Å². The molecular formula is C24H25FN4O2S. The first kappa shape index (κ1) is 22.1. The van der Waals surface area contributed by atoms with Crippen LogP contribution in [0.1, 0.15) is 44.3 Å². The molecule has 0 spiro atoms. The molecule has 1 saturated heterocycles. The van der Waals surface area contributed by atoms with E-state index in [1.165, 1.54) is 23.5 Å². The Balaban J connectivity index is 1.41. The van der Waals surface area contributed by atoms with Gasteiger partial charge in [-0.3, -0.25) is 9.59 Å². The van der Waals surface area contributed by atoms with Crippen LogP contribution in [0.25, 0.3) is 0 Å². The number of likely N-dealkylation sites (tertiary alicyclic amines) is 1. The van der Waals surface area contributed by atoms with Crippen LogP contribution in [-0.2, 0) is 11.2 Å². The first-order valence-electron chi connectivity index (χ1n) is 10.6. The molecule has 0 radical (unpaired) electrons. The number of aryl methyl sites for hydroxylation is 2. The molecule has 6 nitrogen and oxygen atoms in total. The Hall–Kier alpha value is -3.13. The van der Waals surface area contributed by atoms with E-state index in [0.717, 1.165) is 29.0 Å². The fraction of sp³-hybridized carbons (Fsp3) is 0.333. The maximum atomic E-state index is 13.2. The van der Waals surface area contributed by atoms with Gasteiger partial charge < -0.3 is 10.2 Å². The number of carbonyl (C=O) groups is 2. The van der Waals surface area contributed by atoms with Gasteiger partial charge in [-0.1, -0.05) is 18.2 Å². The molecule has 1 aromatic carbocycles. The van der Waals surface area contributed by atoms with Gasteiger partial charge in [-0.05, 0) is 56.0 Å². The van der Waals surface area contributed by atoms with Crippen LogP contribution in [0.4, 0.5) is 10.2 Å². The summed E-state index contributed by atoms with van der Waals surface area (Å²) in [5, 5.41) is 3.67. The zero-order valence-electron chi connectivity index (χ0n) is 18.1. The van der Waals surface area contributed by atoms with Crippen LogP contribution in [0.15, 0.2) is 42.6 Å². The number of aromatic nitrogens is 2. The van der Waals surface area contributed by atoms with Crippen molar-refractivity contribution in [1.29, 1.82) is 0 Å². The lowest BCUT2D eigenvalue weighted by atomic mass is 9.97. The van der Waals surface area contributed by atoms with E-state index in [4.69, 9.17) is 0 Å². The quantitative estimate of drug-likeness (QED) is 0.624. The number of nitrogens with zero attached hydrogens (tertiary/aromatic N) is 3. The second-order valence-electron chi connectivity index (χ2n) is 8.13. The highest BCUT2D eigenvalue weighted by atomic mass is 32.1. The van der Waals surface area contributed by atoms with Crippen molar-refractivity contribution in [3.8, 4) is 0 Å². The summed E-state index contributed by atoms with van der Waals surface area (Å²) < 4.78 is 13.1. The maximum absolute atomic E-state index is 13.2. The van der Waals surface area contributed by atoms with Crippen molar-refractivity contribution < 1.29 is 14.0 Å². The Bertz CT molecular complexity index is 1110. The normalized spacial score (nSPS) is 16.1. The van der Waals surface area contributed by atoms with E-state index in [9.17, 15) is 14.0 Å². The summed E-state index contributed by atoms with van der Waals surface area (Å²) in [4.78, 5) is 37.1. The maximum Gasteiger partial charge on any atom is 0.265 e. The van der Waals surface area contributed by atoms with Crippen molar-refractivity contribution >= 4 is 29.0 Å². The minimum atomic E-state index is -0.276. The molecular weight excluding hydrogens is 427 g/mol. The second-order valence-corrected chi connectivity index (χ2v) is 9.21. The molecule has 1 N–H and O–H groups in total. The van der Waals surface area contributed by atoms with Crippen molar-refractivity contribution in [2.24, 2.45) is 5.92 Å². The monoisotopic (exact) mass is 452 g/mol. The van der Waals surface area contributed by atoms with Crippen LogP contribution in [-0.4, -0.2) is 39.8 Å². The van der Waals surface area contributed by atoms with Gasteiger partial charge in [0.15, 0.2) is 0 Å². The molecule has 1 aliphatic heterocycles. The summed E-state index contributed by atoms with van der Waals surface area (Å²) in [6.45, 7) is 4.77. The van der Waals surface area contributed by atoms with E-state index in [2.05, 4.69) is 15.3 Å².